The minimum Gasteiger partial charge on any atom is -0.497 e. The minimum absolute atomic E-state index is 0.128. The predicted molar refractivity (Wildman–Crippen MR) is 93.8 cm³/mol. The number of carbonyl (C=O) groups excluding carboxylic acids is 1. The first-order chi connectivity index (χ1) is 13.3. The summed E-state index contributed by atoms with van der Waals surface area (Å²) in [7, 11) is 2.99. The number of amides is 2. The van der Waals surface area contributed by atoms with E-state index in [4.69, 9.17) is 14.2 Å². The number of hydrogen-bond donors (Lipinski definition) is 1. The fourth-order valence-electron chi connectivity index (χ4n) is 2.60. The molecule has 0 aliphatic carbocycles. The molecule has 10 heteroatoms. The largest absolute Gasteiger partial charge is 0.497 e. The van der Waals surface area contributed by atoms with E-state index in [1.165, 1.54) is 19.1 Å². The molecular formula is C18H18F3N3O4. The number of benzene rings is 1. The first-order valence-electron chi connectivity index (χ1n) is 8.28. The van der Waals surface area contributed by atoms with Crippen molar-refractivity contribution >= 4 is 11.7 Å². The fraction of sp³-hybridized carbons (Fsp3) is 0.333. The summed E-state index contributed by atoms with van der Waals surface area (Å²) in [5.41, 5.74) is -0.366. The zero-order valence-corrected chi connectivity index (χ0v) is 15.1. The highest BCUT2D eigenvalue weighted by Crippen LogP contribution is 2.32. The van der Waals surface area contributed by atoms with Gasteiger partial charge in [-0.05, 0) is 18.2 Å². The van der Waals surface area contributed by atoms with Crippen LogP contribution in [-0.2, 0) is 6.18 Å². The number of alkyl halides is 3. The van der Waals surface area contributed by atoms with Gasteiger partial charge in [0.25, 0.3) is 0 Å². The summed E-state index contributed by atoms with van der Waals surface area (Å²) < 4.78 is 53.9. The first kappa shape index (κ1) is 19.6. The molecule has 2 amide bonds. The molecule has 150 valence electrons. The SMILES string of the molecule is COc1ccc(NC(=O)N2CC(Oc3cc(C(F)(F)F)ccn3)C2)c(OC)c1. The van der Waals surface area contributed by atoms with Gasteiger partial charge in [0, 0.05) is 18.3 Å². The van der Waals surface area contributed by atoms with Crippen molar-refractivity contribution < 1.29 is 32.2 Å². The number of nitrogens with one attached hydrogen (secondary N) is 1. The molecule has 3 rings (SSSR count). The van der Waals surface area contributed by atoms with Crippen LogP contribution in [0, 0.1) is 0 Å². The molecule has 1 aliphatic heterocycles. The third-order valence-electron chi connectivity index (χ3n) is 4.14. The van der Waals surface area contributed by atoms with Crippen molar-refractivity contribution in [3.05, 3.63) is 42.1 Å². The molecule has 28 heavy (non-hydrogen) atoms. The maximum absolute atomic E-state index is 12.7. The molecule has 0 bridgehead atoms. The Morgan fingerprint density at radius 3 is 2.57 bits per heavy atom. The number of methoxy groups -OCH3 is 2. The summed E-state index contributed by atoms with van der Waals surface area (Å²) >= 11 is 0. The number of aromatic nitrogens is 1. The minimum atomic E-state index is -4.47. The van der Waals surface area contributed by atoms with Gasteiger partial charge in [-0.3, -0.25) is 0 Å². The summed E-state index contributed by atoms with van der Waals surface area (Å²) in [5, 5.41) is 2.71. The van der Waals surface area contributed by atoms with Gasteiger partial charge in [0.1, 0.15) is 17.6 Å². The lowest BCUT2D eigenvalue weighted by atomic mass is 10.2. The van der Waals surface area contributed by atoms with E-state index in [2.05, 4.69) is 10.3 Å². The van der Waals surface area contributed by atoms with E-state index in [1.54, 1.807) is 18.2 Å². The number of halogens is 3. The van der Waals surface area contributed by atoms with E-state index in [0.29, 0.717) is 17.2 Å². The lowest BCUT2D eigenvalue weighted by molar-refractivity contribution is -0.137. The maximum atomic E-state index is 12.7. The second-order valence-corrected chi connectivity index (χ2v) is 6.02. The Balaban J connectivity index is 1.55. The third kappa shape index (κ3) is 4.38. The monoisotopic (exact) mass is 397 g/mol. The van der Waals surface area contributed by atoms with E-state index in [1.807, 2.05) is 0 Å². The number of urea groups is 1. The van der Waals surface area contributed by atoms with E-state index in [9.17, 15) is 18.0 Å². The van der Waals surface area contributed by atoms with E-state index in [-0.39, 0.29) is 25.0 Å². The third-order valence-corrected chi connectivity index (χ3v) is 4.14. The van der Waals surface area contributed by atoms with Gasteiger partial charge in [-0.15, -0.1) is 0 Å². The number of hydrogen-bond acceptors (Lipinski definition) is 5. The molecule has 1 aromatic carbocycles. The lowest BCUT2D eigenvalue weighted by Crippen LogP contribution is -2.57. The molecular weight excluding hydrogens is 379 g/mol. The van der Waals surface area contributed by atoms with Crippen molar-refractivity contribution in [1.29, 1.82) is 0 Å². The molecule has 2 aromatic rings. The topological polar surface area (TPSA) is 72.9 Å². The molecule has 1 aliphatic rings. The number of rotatable bonds is 5. The zero-order valence-electron chi connectivity index (χ0n) is 15.1. The average molecular weight is 397 g/mol. The predicted octanol–water partition coefficient (Wildman–Crippen LogP) is 3.41. The van der Waals surface area contributed by atoms with Crippen LogP contribution in [-0.4, -0.2) is 49.3 Å². The van der Waals surface area contributed by atoms with Crippen molar-refractivity contribution in [2.45, 2.75) is 12.3 Å². The van der Waals surface area contributed by atoms with Crippen molar-refractivity contribution in [3.63, 3.8) is 0 Å². The number of ether oxygens (including phenoxy) is 3. The number of likely N-dealkylation sites (tertiary alicyclic amines) is 1. The highest BCUT2D eigenvalue weighted by Gasteiger charge is 2.34. The zero-order chi connectivity index (χ0) is 20.3. The van der Waals surface area contributed by atoms with Crippen molar-refractivity contribution in [2.24, 2.45) is 0 Å². The van der Waals surface area contributed by atoms with Crippen LogP contribution in [0.15, 0.2) is 36.5 Å². The Bertz CT molecular complexity index is 854. The summed E-state index contributed by atoms with van der Waals surface area (Å²) in [6, 6.07) is 6.30. The number of carbonyl (C=O) groups is 1. The van der Waals surface area contributed by atoms with Crippen LogP contribution in [0.4, 0.5) is 23.7 Å². The van der Waals surface area contributed by atoms with Gasteiger partial charge >= 0.3 is 12.2 Å². The second kappa shape index (κ2) is 7.83. The molecule has 0 atom stereocenters. The average Bonchev–Trinajstić information content (AvgIpc) is 2.64. The van der Waals surface area contributed by atoms with Crippen LogP contribution in [0.1, 0.15) is 5.56 Å². The molecule has 0 saturated carbocycles. The van der Waals surface area contributed by atoms with Crippen LogP contribution >= 0.6 is 0 Å². The van der Waals surface area contributed by atoms with Gasteiger partial charge in [0.05, 0.1) is 38.6 Å². The summed E-state index contributed by atoms with van der Waals surface area (Å²) in [6.45, 7) is 0.449. The van der Waals surface area contributed by atoms with E-state index in [0.717, 1.165) is 18.3 Å². The van der Waals surface area contributed by atoms with Crippen LogP contribution in [0.3, 0.4) is 0 Å². The lowest BCUT2D eigenvalue weighted by Gasteiger charge is -2.38. The normalized spacial score (nSPS) is 14.2. The molecule has 1 N–H and O–H groups in total. The number of anilines is 1. The van der Waals surface area contributed by atoms with E-state index >= 15 is 0 Å². The highest BCUT2D eigenvalue weighted by atomic mass is 19.4. The van der Waals surface area contributed by atoms with Crippen LogP contribution in [0.2, 0.25) is 0 Å². The van der Waals surface area contributed by atoms with Gasteiger partial charge < -0.3 is 24.4 Å². The smallest absolute Gasteiger partial charge is 0.416 e. The summed E-state index contributed by atoms with van der Waals surface area (Å²) in [6.07, 6.45) is -3.86. The Labute approximate surface area is 159 Å². The Morgan fingerprint density at radius 1 is 1.18 bits per heavy atom. The molecule has 7 nitrogen and oxygen atoms in total. The first-order valence-corrected chi connectivity index (χ1v) is 8.28. The van der Waals surface area contributed by atoms with Crippen LogP contribution in [0.5, 0.6) is 17.4 Å². The quantitative estimate of drug-likeness (QED) is 0.837. The Morgan fingerprint density at radius 2 is 1.93 bits per heavy atom. The van der Waals surface area contributed by atoms with Crippen molar-refractivity contribution in [2.75, 3.05) is 32.6 Å². The molecule has 0 spiro atoms. The number of nitrogens with zero attached hydrogens (tertiary/aromatic N) is 2. The van der Waals surface area contributed by atoms with Crippen LogP contribution in [0.25, 0.3) is 0 Å². The van der Waals surface area contributed by atoms with Gasteiger partial charge in [0.2, 0.25) is 5.88 Å². The van der Waals surface area contributed by atoms with Crippen molar-refractivity contribution in [1.82, 2.24) is 9.88 Å². The van der Waals surface area contributed by atoms with E-state index < -0.39 is 17.8 Å². The Hall–Kier alpha value is -3.17. The molecule has 1 aromatic heterocycles. The summed E-state index contributed by atoms with van der Waals surface area (Å²) in [5.74, 6) is 0.895. The molecule has 1 fully saturated rings. The van der Waals surface area contributed by atoms with Gasteiger partial charge in [-0.25, -0.2) is 9.78 Å². The molecule has 2 heterocycles. The molecule has 1 saturated heterocycles. The highest BCUT2D eigenvalue weighted by molar-refractivity contribution is 5.91. The van der Waals surface area contributed by atoms with Crippen LogP contribution < -0.4 is 19.5 Å². The van der Waals surface area contributed by atoms with Gasteiger partial charge in [0.15, 0.2) is 0 Å². The van der Waals surface area contributed by atoms with Gasteiger partial charge in [-0.1, -0.05) is 0 Å². The summed E-state index contributed by atoms with van der Waals surface area (Å²) in [4.78, 5) is 17.6. The van der Waals surface area contributed by atoms with Gasteiger partial charge in [-0.2, -0.15) is 13.2 Å². The number of pyridine rings is 1. The Kier molecular flexibility index (Phi) is 5.48. The standard InChI is InChI=1S/C18H18F3N3O4/c1-26-12-3-4-14(15(8-12)27-2)23-17(25)24-9-13(10-24)28-16-7-11(5-6-22-16)18(19,20)21/h3-8,13H,9-10H2,1-2H3,(H,23,25). The molecule has 0 radical (unpaired) electrons. The second-order valence-electron chi connectivity index (χ2n) is 6.02. The molecule has 0 unspecified atom stereocenters. The van der Waals surface area contributed by atoms with Crippen molar-refractivity contribution in [3.8, 4) is 17.4 Å². The fourth-order valence-corrected chi connectivity index (χ4v) is 2.60. The maximum Gasteiger partial charge on any atom is 0.416 e.